The molecule has 1 fully saturated rings. The minimum atomic E-state index is -0.217. The highest BCUT2D eigenvalue weighted by atomic mass is 19.1. The Labute approximate surface area is 189 Å². The fourth-order valence-electron chi connectivity index (χ4n) is 3.58. The molecular formula is C24H33FN4O3. The molecule has 0 amide bonds. The van der Waals surface area contributed by atoms with Crippen LogP contribution in [0.3, 0.4) is 0 Å². The van der Waals surface area contributed by atoms with Gasteiger partial charge in [0.2, 0.25) is 0 Å². The predicted molar refractivity (Wildman–Crippen MR) is 126 cm³/mol. The fourth-order valence-corrected chi connectivity index (χ4v) is 3.58. The number of guanidine groups is 1. The zero-order valence-corrected chi connectivity index (χ0v) is 19.1. The summed E-state index contributed by atoms with van der Waals surface area (Å²) in [5, 5.41) is 6.57. The van der Waals surface area contributed by atoms with Gasteiger partial charge in [0, 0.05) is 26.2 Å². The number of nitrogens with one attached hydrogen (secondary N) is 2. The number of hydrogen-bond acceptors (Lipinski definition) is 5. The normalized spacial score (nSPS) is 14.2. The fraction of sp³-hybridized carbons (Fsp3) is 0.458. The highest BCUT2D eigenvalue weighted by molar-refractivity contribution is 5.79. The lowest BCUT2D eigenvalue weighted by Crippen LogP contribution is -2.38. The molecule has 0 radical (unpaired) electrons. The van der Waals surface area contributed by atoms with Gasteiger partial charge < -0.3 is 29.7 Å². The smallest absolute Gasteiger partial charge is 0.191 e. The van der Waals surface area contributed by atoms with Gasteiger partial charge in [-0.2, -0.15) is 0 Å². The zero-order valence-electron chi connectivity index (χ0n) is 19.1. The molecule has 0 saturated carbocycles. The summed E-state index contributed by atoms with van der Waals surface area (Å²) in [5.41, 5.74) is 2.59. The lowest BCUT2D eigenvalue weighted by molar-refractivity contribution is 0.122. The third kappa shape index (κ3) is 6.50. The largest absolute Gasteiger partial charge is 0.493 e. The molecular weight excluding hydrogens is 411 g/mol. The van der Waals surface area contributed by atoms with Crippen LogP contribution in [0.2, 0.25) is 0 Å². The second-order valence-electron chi connectivity index (χ2n) is 7.45. The summed E-state index contributed by atoms with van der Waals surface area (Å²) in [6.07, 6.45) is 0.799. The summed E-state index contributed by atoms with van der Waals surface area (Å²) in [4.78, 5) is 6.63. The summed E-state index contributed by atoms with van der Waals surface area (Å²) in [5.74, 6) is 1.91. The molecule has 174 valence electrons. The molecule has 0 atom stereocenters. The Bertz CT molecular complexity index is 901. The van der Waals surface area contributed by atoms with Gasteiger partial charge in [0.05, 0.1) is 39.7 Å². The summed E-state index contributed by atoms with van der Waals surface area (Å²) in [7, 11) is 3.26. The highest BCUT2D eigenvalue weighted by Crippen LogP contribution is 2.27. The number of nitrogens with zero attached hydrogens (tertiary/aromatic N) is 2. The monoisotopic (exact) mass is 444 g/mol. The molecule has 8 heteroatoms. The topological polar surface area (TPSA) is 67.4 Å². The number of hydrogen-bond donors (Lipinski definition) is 2. The number of benzene rings is 2. The summed E-state index contributed by atoms with van der Waals surface area (Å²) in [6.45, 7) is 6.54. The molecule has 1 aliphatic rings. The Morgan fingerprint density at radius 3 is 2.47 bits per heavy atom. The highest BCUT2D eigenvalue weighted by Gasteiger charge is 2.15. The molecule has 2 N–H and O–H groups in total. The van der Waals surface area contributed by atoms with Crippen LogP contribution >= 0.6 is 0 Å². The van der Waals surface area contributed by atoms with Gasteiger partial charge in [-0.05, 0) is 48.7 Å². The van der Waals surface area contributed by atoms with E-state index in [0.717, 1.165) is 24.1 Å². The zero-order chi connectivity index (χ0) is 22.8. The molecule has 0 unspecified atom stereocenters. The first-order chi connectivity index (χ1) is 15.6. The number of aliphatic imine (C=N–C) groups is 1. The van der Waals surface area contributed by atoms with E-state index in [1.54, 1.807) is 20.3 Å². The molecule has 32 heavy (non-hydrogen) atoms. The second kappa shape index (κ2) is 12.1. The summed E-state index contributed by atoms with van der Waals surface area (Å²) >= 11 is 0. The van der Waals surface area contributed by atoms with Gasteiger partial charge in [-0.1, -0.05) is 12.1 Å². The first kappa shape index (κ1) is 23.7. The maximum Gasteiger partial charge on any atom is 0.191 e. The Kier molecular flexibility index (Phi) is 8.98. The Morgan fingerprint density at radius 2 is 1.78 bits per heavy atom. The molecule has 0 aromatic heterocycles. The van der Waals surface area contributed by atoms with Gasteiger partial charge in [-0.25, -0.2) is 9.38 Å². The van der Waals surface area contributed by atoms with Crippen molar-refractivity contribution in [2.24, 2.45) is 4.99 Å². The van der Waals surface area contributed by atoms with Crippen molar-refractivity contribution in [1.82, 2.24) is 10.6 Å². The average Bonchev–Trinajstić information content (AvgIpc) is 2.83. The van der Waals surface area contributed by atoms with E-state index < -0.39 is 0 Å². The number of ether oxygens (including phenoxy) is 3. The van der Waals surface area contributed by atoms with E-state index in [1.165, 1.54) is 0 Å². The number of methoxy groups -OCH3 is 2. The van der Waals surface area contributed by atoms with Crippen LogP contribution in [0, 0.1) is 5.82 Å². The van der Waals surface area contributed by atoms with Gasteiger partial charge in [-0.3, -0.25) is 0 Å². The molecule has 1 heterocycles. The first-order valence-corrected chi connectivity index (χ1v) is 11.0. The van der Waals surface area contributed by atoms with Crippen LogP contribution in [0.25, 0.3) is 0 Å². The molecule has 0 aliphatic carbocycles. The van der Waals surface area contributed by atoms with Crippen LogP contribution in [0.1, 0.15) is 18.1 Å². The molecule has 7 nitrogen and oxygen atoms in total. The first-order valence-electron chi connectivity index (χ1n) is 11.0. The van der Waals surface area contributed by atoms with Crippen molar-refractivity contribution in [1.29, 1.82) is 0 Å². The van der Waals surface area contributed by atoms with E-state index in [1.807, 2.05) is 42.2 Å². The van der Waals surface area contributed by atoms with Gasteiger partial charge >= 0.3 is 0 Å². The number of rotatable bonds is 9. The molecule has 0 bridgehead atoms. The van der Waals surface area contributed by atoms with Crippen LogP contribution in [-0.4, -0.2) is 59.6 Å². The van der Waals surface area contributed by atoms with Crippen LogP contribution in [-0.2, 0) is 17.7 Å². The predicted octanol–water partition coefficient (Wildman–Crippen LogP) is 2.98. The van der Waals surface area contributed by atoms with Gasteiger partial charge in [0.1, 0.15) is 5.82 Å². The Morgan fingerprint density at radius 1 is 1.03 bits per heavy atom. The van der Waals surface area contributed by atoms with Crippen LogP contribution in [0.15, 0.2) is 41.4 Å². The van der Waals surface area contributed by atoms with E-state index >= 15 is 0 Å². The van der Waals surface area contributed by atoms with Gasteiger partial charge in [0.25, 0.3) is 0 Å². The third-order valence-corrected chi connectivity index (χ3v) is 5.28. The quantitative estimate of drug-likeness (QED) is 0.458. The third-order valence-electron chi connectivity index (χ3n) is 5.28. The van der Waals surface area contributed by atoms with E-state index in [4.69, 9.17) is 14.2 Å². The molecule has 1 saturated heterocycles. The number of anilines is 1. The second-order valence-corrected chi connectivity index (χ2v) is 7.45. The lowest BCUT2D eigenvalue weighted by Gasteiger charge is -2.29. The minimum Gasteiger partial charge on any atom is -0.493 e. The number of morpholine rings is 1. The SMILES string of the molecule is CCNC(=NCc1ccc(N2CCOCC2)c(F)c1)NCCc1ccc(OC)c(OC)c1. The Hall–Kier alpha value is -3.00. The van der Waals surface area contributed by atoms with Crippen LogP contribution in [0.5, 0.6) is 11.5 Å². The van der Waals surface area contributed by atoms with E-state index in [-0.39, 0.29) is 5.82 Å². The van der Waals surface area contributed by atoms with Crippen molar-refractivity contribution < 1.29 is 18.6 Å². The lowest BCUT2D eigenvalue weighted by atomic mass is 10.1. The molecule has 2 aromatic carbocycles. The van der Waals surface area contributed by atoms with Crippen molar-refractivity contribution in [2.75, 3.05) is 58.5 Å². The molecule has 3 rings (SSSR count). The minimum absolute atomic E-state index is 0.217. The molecule has 1 aliphatic heterocycles. The average molecular weight is 445 g/mol. The standard InChI is InChI=1S/C24H33FN4O3/c1-4-26-24(27-10-9-18-6-8-22(30-2)23(16-18)31-3)28-17-19-5-7-21(20(25)15-19)29-11-13-32-14-12-29/h5-8,15-16H,4,9-14,17H2,1-3H3,(H2,26,27,28). The van der Waals surface area contributed by atoms with Crippen LogP contribution < -0.4 is 25.0 Å². The van der Waals surface area contributed by atoms with Crippen molar-refractivity contribution in [3.63, 3.8) is 0 Å². The van der Waals surface area contributed by atoms with Gasteiger partial charge in [-0.15, -0.1) is 0 Å². The Balaban J connectivity index is 1.57. The molecule has 2 aromatic rings. The van der Waals surface area contributed by atoms with Crippen molar-refractivity contribution >= 4 is 11.6 Å². The van der Waals surface area contributed by atoms with Crippen molar-refractivity contribution in [3.8, 4) is 11.5 Å². The van der Waals surface area contributed by atoms with E-state index in [2.05, 4.69) is 15.6 Å². The summed E-state index contributed by atoms with van der Waals surface area (Å²) in [6, 6.07) is 11.2. The van der Waals surface area contributed by atoms with E-state index in [9.17, 15) is 4.39 Å². The summed E-state index contributed by atoms with van der Waals surface area (Å²) < 4.78 is 30.6. The maximum absolute atomic E-state index is 14.6. The van der Waals surface area contributed by atoms with Crippen LogP contribution in [0.4, 0.5) is 10.1 Å². The van der Waals surface area contributed by atoms with Crippen molar-refractivity contribution in [3.05, 3.63) is 53.3 Å². The maximum atomic E-state index is 14.6. The van der Waals surface area contributed by atoms with Gasteiger partial charge in [0.15, 0.2) is 17.5 Å². The van der Waals surface area contributed by atoms with E-state index in [0.29, 0.717) is 62.5 Å². The number of halogens is 1. The van der Waals surface area contributed by atoms with Crippen molar-refractivity contribution in [2.45, 2.75) is 19.9 Å². The molecule has 0 spiro atoms.